The zero-order valence-electron chi connectivity index (χ0n) is 8.97. The van der Waals surface area contributed by atoms with E-state index in [4.69, 9.17) is 11.5 Å². The number of nitrogens with zero attached hydrogens (tertiary/aromatic N) is 3. The van der Waals surface area contributed by atoms with Gasteiger partial charge in [0, 0.05) is 13.1 Å². The highest BCUT2D eigenvalue weighted by atomic mass is 16.1. The number of hydrogen-bond acceptors (Lipinski definition) is 5. The van der Waals surface area contributed by atoms with Crippen LogP contribution in [0, 0.1) is 5.92 Å². The van der Waals surface area contributed by atoms with E-state index in [0.717, 1.165) is 19.4 Å². The van der Waals surface area contributed by atoms with Gasteiger partial charge >= 0.3 is 0 Å². The molecule has 2 rings (SSSR count). The van der Waals surface area contributed by atoms with Gasteiger partial charge in [0.05, 0.1) is 17.8 Å². The highest BCUT2D eigenvalue weighted by Gasteiger charge is 2.25. The Bertz CT molecular complexity index is 395. The molecule has 16 heavy (non-hydrogen) atoms. The van der Waals surface area contributed by atoms with Crippen molar-refractivity contribution in [2.45, 2.75) is 12.8 Å². The van der Waals surface area contributed by atoms with Gasteiger partial charge in [0.1, 0.15) is 6.33 Å². The largest absolute Gasteiger partial charge is 0.394 e. The van der Waals surface area contributed by atoms with Crippen LogP contribution in [0.5, 0.6) is 0 Å². The van der Waals surface area contributed by atoms with Crippen LogP contribution in [0.4, 0.5) is 11.5 Å². The smallest absolute Gasteiger partial charge is 0.222 e. The predicted octanol–water partition coefficient (Wildman–Crippen LogP) is -0.240. The molecule has 1 fully saturated rings. The molecule has 1 unspecified atom stereocenters. The number of carbonyl (C=O) groups excluding carboxylic acids is 1. The molecule has 6 heteroatoms. The molecule has 1 aromatic heterocycles. The van der Waals surface area contributed by atoms with E-state index in [1.54, 1.807) is 6.20 Å². The van der Waals surface area contributed by atoms with Crippen LogP contribution in [0.1, 0.15) is 12.8 Å². The van der Waals surface area contributed by atoms with Gasteiger partial charge in [-0.05, 0) is 12.8 Å². The molecule has 4 N–H and O–H groups in total. The summed E-state index contributed by atoms with van der Waals surface area (Å²) < 4.78 is 0. The third kappa shape index (κ3) is 2.05. The molecule has 86 valence electrons. The van der Waals surface area contributed by atoms with Crippen LogP contribution >= 0.6 is 0 Å². The minimum Gasteiger partial charge on any atom is -0.394 e. The molecule has 0 radical (unpaired) electrons. The summed E-state index contributed by atoms with van der Waals surface area (Å²) in [5.74, 6) is 0.335. The lowest BCUT2D eigenvalue weighted by Gasteiger charge is -2.32. The summed E-state index contributed by atoms with van der Waals surface area (Å²) in [7, 11) is 0. The molecule has 0 aliphatic carbocycles. The van der Waals surface area contributed by atoms with Crippen molar-refractivity contribution >= 4 is 17.4 Å². The number of hydrogen-bond donors (Lipinski definition) is 2. The van der Waals surface area contributed by atoms with Crippen molar-refractivity contribution in [2.24, 2.45) is 11.7 Å². The average molecular weight is 221 g/mol. The zero-order valence-corrected chi connectivity index (χ0v) is 8.97. The number of rotatable bonds is 2. The Hall–Kier alpha value is -1.85. The van der Waals surface area contributed by atoms with Gasteiger partial charge in [0.25, 0.3) is 0 Å². The number of nitrogen functional groups attached to an aromatic ring is 1. The topological polar surface area (TPSA) is 98.1 Å². The van der Waals surface area contributed by atoms with Crippen LogP contribution in [0.25, 0.3) is 0 Å². The maximum absolute atomic E-state index is 11.1. The molecule has 0 saturated carbocycles. The quantitative estimate of drug-likeness (QED) is 0.718. The highest BCUT2D eigenvalue weighted by Crippen LogP contribution is 2.24. The number of carbonyl (C=O) groups is 1. The molecule has 2 heterocycles. The van der Waals surface area contributed by atoms with E-state index in [9.17, 15) is 4.79 Å². The standard InChI is InChI=1S/C10H15N5O/c11-8-4-13-6-14-10(8)15-3-1-2-7(5-15)9(12)16/h4,6-7H,1-3,5,11H2,(H2,12,16). The molecule has 0 spiro atoms. The summed E-state index contributed by atoms with van der Waals surface area (Å²) in [5, 5.41) is 0. The third-order valence-electron chi connectivity index (χ3n) is 2.84. The minimum absolute atomic E-state index is 0.108. The first-order chi connectivity index (χ1) is 7.68. The maximum atomic E-state index is 11.1. The van der Waals surface area contributed by atoms with Gasteiger partial charge < -0.3 is 16.4 Å². The van der Waals surface area contributed by atoms with Crippen LogP contribution in [0.3, 0.4) is 0 Å². The number of aromatic nitrogens is 2. The molecule has 1 aromatic rings. The number of amides is 1. The Balaban J connectivity index is 2.16. The monoisotopic (exact) mass is 221 g/mol. The fourth-order valence-corrected chi connectivity index (χ4v) is 2.00. The first-order valence-corrected chi connectivity index (χ1v) is 5.28. The van der Waals surface area contributed by atoms with Crippen LogP contribution in [0.2, 0.25) is 0 Å². The number of piperidine rings is 1. The SMILES string of the molecule is NC(=O)C1CCCN(c2ncncc2N)C1. The molecule has 1 aliphatic rings. The van der Waals surface area contributed by atoms with Gasteiger partial charge in [-0.3, -0.25) is 4.79 Å². The Morgan fingerprint density at radius 3 is 3.06 bits per heavy atom. The fourth-order valence-electron chi connectivity index (χ4n) is 2.00. The van der Waals surface area contributed by atoms with Crippen molar-refractivity contribution in [1.29, 1.82) is 0 Å². The molecular weight excluding hydrogens is 206 g/mol. The first-order valence-electron chi connectivity index (χ1n) is 5.28. The lowest BCUT2D eigenvalue weighted by molar-refractivity contribution is -0.122. The van der Waals surface area contributed by atoms with E-state index >= 15 is 0 Å². The normalized spacial score (nSPS) is 20.8. The Kier molecular flexibility index (Phi) is 2.89. The Labute approximate surface area is 93.7 Å². The second kappa shape index (κ2) is 4.34. The van der Waals surface area contributed by atoms with Crippen LogP contribution in [-0.2, 0) is 4.79 Å². The van der Waals surface area contributed by atoms with Crippen molar-refractivity contribution in [3.05, 3.63) is 12.5 Å². The fraction of sp³-hybridized carbons (Fsp3) is 0.500. The summed E-state index contributed by atoms with van der Waals surface area (Å²) in [5.41, 5.74) is 11.6. The van der Waals surface area contributed by atoms with Crippen LogP contribution in [-0.4, -0.2) is 29.0 Å². The first kappa shape index (κ1) is 10.7. The van der Waals surface area contributed by atoms with Gasteiger partial charge in [-0.25, -0.2) is 9.97 Å². The van der Waals surface area contributed by atoms with Crippen molar-refractivity contribution in [3.63, 3.8) is 0 Å². The molecule has 0 aromatic carbocycles. The second-order valence-electron chi connectivity index (χ2n) is 3.99. The average Bonchev–Trinajstić information content (AvgIpc) is 2.30. The maximum Gasteiger partial charge on any atom is 0.222 e. The van der Waals surface area contributed by atoms with E-state index in [1.807, 2.05) is 4.90 Å². The van der Waals surface area contributed by atoms with Gasteiger partial charge in [-0.15, -0.1) is 0 Å². The molecule has 1 atom stereocenters. The zero-order chi connectivity index (χ0) is 11.5. The predicted molar refractivity (Wildman–Crippen MR) is 60.6 cm³/mol. The minimum atomic E-state index is -0.252. The van der Waals surface area contributed by atoms with E-state index < -0.39 is 0 Å². The lowest BCUT2D eigenvalue weighted by Crippen LogP contribution is -2.41. The van der Waals surface area contributed by atoms with Gasteiger partial charge in [0.15, 0.2) is 5.82 Å². The Morgan fingerprint density at radius 2 is 2.38 bits per heavy atom. The summed E-state index contributed by atoms with van der Waals surface area (Å²) in [4.78, 5) is 21.1. The Morgan fingerprint density at radius 1 is 1.56 bits per heavy atom. The van der Waals surface area contributed by atoms with Crippen molar-refractivity contribution in [2.75, 3.05) is 23.7 Å². The van der Waals surface area contributed by atoms with E-state index in [-0.39, 0.29) is 11.8 Å². The molecule has 6 nitrogen and oxygen atoms in total. The molecular formula is C10H15N5O. The molecule has 1 amide bonds. The van der Waals surface area contributed by atoms with Gasteiger partial charge in [-0.1, -0.05) is 0 Å². The van der Waals surface area contributed by atoms with Crippen LogP contribution < -0.4 is 16.4 Å². The highest BCUT2D eigenvalue weighted by molar-refractivity contribution is 5.78. The van der Waals surface area contributed by atoms with E-state index in [2.05, 4.69) is 9.97 Å². The summed E-state index contributed by atoms with van der Waals surface area (Å²) in [6.45, 7) is 1.45. The number of anilines is 2. The van der Waals surface area contributed by atoms with Crippen molar-refractivity contribution < 1.29 is 4.79 Å². The van der Waals surface area contributed by atoms with Crippen molar-refractivity contribution in [3.8, 4) is 0 Å². The van der Waals surface area contributed by atoms with Gasteiger partial charge in [0.2, 0.25) is 5.91 Å². The number of primary amides is 1. The summed E-state index contributed by atoms with van der Waals surface area (Å²) in [6, 6.07) is 0. The molecule has 1 aliphatic heterocycles. The van der Waals surface area contributed by atoms with E-state index in [0.29, 0.717) is 18.1 Å². The van der Waals surface area contributed by atoms with Gasteiger partial charge in [-0.2, -0.15) is 0 Å². The second-order valence-corrected chi connectivity index (χ2v) is 3.99. The molecule has 0 bridgehead atoms. The van der Waals surface area contributed by atoms with Crippen molar-refractivity contribution in [1.82, 2.24) is 9.97 Å². The third-order valence-corrected chi connectivity index (χ3v) is 2.84. The number of nitrogens with two attached hydrogens (primary N) is 2. The summed E-state index contributed by atoms with van der Waals surface area (Å²) >= 11 is 0. The summed E-state index contributed by atoms with van der Waals surface area (Å²) in [6.07, 6.45) is 4.80. The van der Waals surface area contributed by atoms with Crippen LogP contribution in [0.15, 0.2) is 12.5 Å². The molecule has 1 saturated heterocycles. The lowest BCUT2D eigenvalue weighted by atomic mass is 9.97. The van der Waals surface area contributed by atoms with E-state index in [1.165, 1.54) is 6.33 Å².